The average molecular weight is 769 g/mol. The molecule has 55 heavy (non-hydrogen) atoms. The van der Waals surface area contributed by atoms with Crippen molar-refractivity contribution < 1.29 is 47.9 Å². The van der Waals surface area contributed by atoms with Crippen molar-refractivity contribution in [2.45, 2.75) is 38.3 Å². The number of carbonyl (C=O) groups excluding carboxylic acids is 1. The summed E-state index contributed by atoms with van der Waals surface area (Å²) in [5.74, 6) is 3.31. The summed E-state index contributed by atoms with van der Waals surface area (Å²) in [5, 5.41) is 8.80. The van der Waals surface area contributed by atoms with Gasteiger partial charge in [0.1, 0.15) is 36.2 Å². The molecule has 0 aromatic heterocycles. The lowest BCUT2D eigenvalue weighted by Crippen LogP contribution is -2.55. The van der Waals surface area contributed by atoms with Crippen LogP contribution in [-0.2, 0) is 30.4 Å². The summed E-state index contributed by atoms with van der Waals surface area (Å²) >= 11 is 0. The first-order chi connectivity index (χ1) is 26.9. The highest BCUT2D eigenvalue weighted by molar-refractivity contribution is 5.63. The van der Waals surface area contributed by atoms with E-state index in [1.54, 1.807) is 21.3 Å². The zero-order chi connectivity index (χ0) is 39.1. The maximum absolute atomic E-state index is 11.6. The van der Waals surface area contributed by atoms with Crippen LogP contribution in [-0.4, -0.2) is 123 Å². The molecule has 1 unspecified atom stereocenters. The van der Waals surface area contributed by atoms with E-state index in [1.807, 2.05) is 53.4 Å². The summed E-state index contributed by atoms with van der Waals surface area (Å²) in [6, 6.07) is 22.0. The Morgan fingerprint density at radius 1 is 0.836 bits per heavy atom. The summed E-state index contributed by atoms with van der Waals surface area (Å²) < 4.78 is 39.4. The normalized spacial score (nSPS) is 14.9. The molecular formula is C40H56N4O11. The minimum Gasteiger partial charge on any atom is -0.496 e. The number of unbranched alkanes of at least 4 members (excludes halogenated alkanes) is 1. The highest BCUT2D eigenvalue weighted by atomic mass is 16.9. The van der Waals surface area contributed by atoms with Crippen LogP contribution >= 0.6 is 0 Å². The van der Waals surface area contributed by atoms with Gasteiger partial charge in [-0.1, -0.05) is 18.2 Å². The number of rotatable bonds is 23. The zero-order valence-corrected chi connectivity index (χ0v) is 32.3. The number of hydrogen-bond acceptors (Lipinski definition) is 13. The number of piperazine rings is 1. The van der Waals surface area contributed by atoms with Crippen LogP contribution in [0.15, 0.2) is 66.7 Å². The van der Waals surface area contributed by atoms with E-state index in [0.717, 1.165) is 91.8 Å². The van der Waals surface area contributed by atoms with Crippen molar-refractivity contribution in [1.29, 1.82) is 0 Å². The number of nitrogens with zero attached hydrogens (tertiary/aromatic N) is 4. The van der Waals surface area contributed by atoms with Crippen LogP contribution < -0.4 is 28.7 Å². The molecule has 2 aliphatic heterocycles. The third-order valence-electron chi connectivity index (χ3n) is 9.03. The second kappa shape index (κ2) is 24.4. The lowest BCUT2D eigenvalue weighted by Gasteiger charge is -2.41. The second-order valence-corrected chi connectivity index (χ2v) is 12.9. The third-order valence-corrected chi connectivity index (χ3v) is 9.03. The van der Waals surface area contributed by atoms with Gasteiger partial charge in [-0.2, -0.15) is 0 Å². The molecule has 0 aliphatic carbocycles. The fourth-order valence-corrected chi connectivity index (χ4v) is 6.20. The maximum Gasteiger partial charge on any atom is 0.294 e. The quantitative estimate of drug-likeness (QED) is 0.0536. The topological polar surface area (TPSA) is 144 Å². The summed E-state index contributed by atoms with van der Waals surface area (Å²) in [7, 11) is 4.99. The van der Waals surface area contributed by atoms with Gasteiger partial charge in [-0.05, 0) is 61.7 Å². The van der Waals surface area contributed by atoms with E-state index in [1.165, 1.54) is 0 Å². The Balaban J connectivity index is 0.000000592. The first-order valence-corrected chi connectivity index (χ1v) is 18.7. The molecule has 0 bridgehead atoms. The standard InChI is InChI=1S/C35H45N3O7.C5H11NO4/c1-40-19-5-15-37-18-22-44-35-14-13-32(23-33(35)37)45-26-30-24-36(27-39)16-17-38(30)29-9-11-31(12-10-29)43-21-6-20-42-25-28-7-3-4-8-34(28)41-2;1-9-4-2-3-5-10-6(7)8/h3-4,7-14,23,27,30H,5-6,15-22,24-26H2,1-2H3;2-5H2,1H3. The first kappa shape index (κ1) is 42.7. The van der Waals surface area contributed by atoms with Gasteiger partial charge in [0.25, 0.3) is 5.09 Å². The molecule has 1 saturated heterocycles. The van der Waals surface area contributed by atoms with E-state index in [9.17, 15) is 14.9 Å². The molecule has 0 radical (unpaired) electrons. The molecule has 15 heteroatoms. The minimum atomic E-state index is -0.785. The number of anilines is 2. The van der Waals surface area contributed by atoms with Crippen LogP contribution in [0.5, 0.6) is 23.0 Å². The van der Waals surface area contributed by atoms with Gasteiger partial charge >= 0.3 is 0 Å². The first-order valence-electron chi connectivity index (χ1n) is 18.7. The number of ether oxygens (including phenoxy) is 7. The number of methoxy groups -OCH3 is 3. The summed E-state index contributed by atoms with van der Waals surface area (Å²) in [4.78, 5) is 31.7. The van der Waals surface area contributed by atoms with Gasteiger partial charge < -0.3 is 52.7 Å². The molecule has 2 heterocycles. The van der Waals surface area contributed by atoms with E-state index >= 15 is 0 Å². The maximum atomic E-state index is 11.6. The smallest absolute Gasteiger partial charge is 0.294 e. The Morgan fingerprint density at radius 2 is 1.60 bits per heavy atom. The average Bonchev–Trinajstić information content (AvgIpc) is 3.22. The predicted octanol–water partition coefficient (Wildman–Crippen LogP) is 5.26. The van der Waals surface area contributed by atoms with Gasteiger partial charge in [-0.25, -0.2) is 0 Å². The Hall–Kier alpha value is -4.99. The SMILES string of the molecule is COCCCCO[N+](=O)[O-].COCCCN1CCOc2ccc(OCC3CN(C=O)CCN3c3ccc(OCCCOCc4ccccc4OC)cc3)cc21. The molecule has 302 valence electrons. The number of para-hydroxylation sites is 1. The van der Waals surface area contributed by atoms with Crippen molar-refractivity contribution in [3.8, 4) is 23.0 Å². The molecule has 0 saturated carbocycles. The van der Waals surface area contributed by atoms with Crippen molar-refractivity contribution in [2.24, 2.45) is 0 Å². The molecule has 1 atom stereocenters. The number of hydrogen-bond donors (Lipinski definition) is 0. The Kier molecular flexibility index (Phi) is 19.0. The lowest BCUT2D eigenvalue weighted by molar-refractivity contribution is -0.757. The minimum absolute atomic E-state index is 0.00111. The van der Waals surface area contributed by atoms with Crippen LogP contribution in [0.4, 0.5) is 11.4 Å². The summed E-state index contributed by atoms with van der Waals surface area (Å²) in [6.45, 7) is 8.01. The Morgan fingerprint density at radius 3 is 2.36 bits per heavy atom. The van der Waals surface area contributed by atoms with Crippen LogP contribution in [0.25, 0.3) is 0 Å². The van der Waals surface area contributed by atoms with Gasteiger partial charge in [0.15, 0.2) is 0 Å². The highest BCUT2D eigenvalue weighted by Crippen LogP contribution is 2.35. The van der Waals surface area contributed by atoms with Crippen LogP contribution in [0.2, 0.25) is 0 Å². The van der Waals surface area contributed by atoms with Crippen molar-refractivity contribution in [3.63, 3.8) is 0 Å². The second-order valence-electron chi connectivity index (χ2n) is 12.9. The van der Waals surface area contributed by atoms with Crippen LogP contribution in [0.3, 0.4) is 0 Å². The van der Waals surface area contributed by atoms with Gasteiger partial charge in [-0.3, -0.25) is 4.79 Å². The number of carbonyl (C=O) groups is 1. The fourth-order valence-electron chi connectivity index (χ4n) is 6.20. The monoisotopic (exact) mass is 768 g/mol. The van der Waals surface area contributed by atoms with Gasteiger partial charge in [-0.15, -0.1) is 10.1 Å². The van der Waals surface area contributed by atoms with Crippen LogP contribution in [0, 0.1) is 10.1 Å². The molecule has 3 aromatic rings. The summed E-state index contributed by atoms with van der Waals surface area (Å²) in [5.41, 5.74) is 3.15. The van der Waals surface area contributed by atoms with Crippen LogP contribution in [0.1, 0.15) is 31.2 Å². The van der Waals surface area contributed by atoms with Crippen molar-refractivity contribution in [2.75, 3.05) is 110 Å². The van der Waals surface area contributed by atoms with E-state index in [0.29, 0.717) is 59.2 Å². The molecule has 3 aromatic carbocycles. The predicted molar refractivity (Wildman–Crippen MR) is 208 cm³/mol. The number of benzene rings is 3. The Bertz CT molecular complexity index is 1550. The molecule has 0 N–H and O–H groups in total. The zero-order valence-electron chi connectivity index (χ0n) is 32.3. The third kappa shape index (κ3) is 14.6. The lowest BCUT2D eigenvalue weighted by atomic mass is 10.1. The molecule has 5 rings (SSSR count). The molecule has 2 aliphatic rings. The number of fused-ring (bicyclic) bond motifs is 1. The van der Waals surface area contributed by atoms with Gasteiger partial charge in [0.2, 0.25) is 6.41 Å². The van der Waals surface area contributed by atoms with E-state index < -0.39 is 5.09 Å². The largest absolute Gasteiger partial charge is 0.496 e. The van der Waals surface area contributed by atoms with Crippen molar-refractivity contribution in [3.05, 3.63) is 82.4 Å². The fraction of sp³-hybridized carbons (Fsp3) is 0.525. The Labute approximate surface area is 324 Å². The van der Waals surface area contributed by atoms with Crippen molar-refractivity contribution >= 4 is 17.8 Å². The molecule has 15 nitrogen and oxygen atoms in total. The van der Waals surface area contributed by atoms with Crippen molar-refractivity contribution in [1.82, 2.24) is 4.90 Å². The van der Waals surface area contributed by atoms with E-state index in [-0.39, 0.29) is 12.6 Å². The highest BCUT2D eigenvalue weighted by Gasteiger charge is 2.28. The number of amides is 1. The van der Waals surface area contributed by atoms with Gasteiger partial charge in [0, 0.05) is 77.4 Å². The summed E-state index contributed by atoms with van der Waals surface area (Å²) in [6.07, 6.45) is 4.11. The van der Waals surface area contributed by atoms with E-state index in [4.69, 9.17) is 33.2 Å². The van der Waals surface area contributed by atoms with E-state index in [2.05, 4.69) is 32.8 Å². The van der Waals surface area contributed by atoms with Gasteiger partial charge in [0.05, 0.1) is 51.8 Å². The molecular weight excluding hydrogens is 712 g/mol. The molecule has 0 spiro atoms. The molecule has 1 amide bonds. The molecule has 1 fully saturated rings.